The number of carbonyl (C=O) groups is 1. The lowest BCUT2D eigenvalue weighted by atomic mass is 9.95. The molecule has 0 spiro atoms. The predicted octanol–water partition coefficient (Wildman–Crippen LogP) is 4.43. The molecule has 0 N–H and O–H groups in total. The summed E-state index contributed by atoms with van der Waals surface area (Å²) in [6.07, 6.45) is 2.04. The Morgan fingerprint density at radius 2 is 1.90 bits per heavy atom. The van der Waals surface area contributed by atoms with Crippen LogP contribution < -0.4 is 0 Å². The molecule has 0 aliphatic carbocycles. The number of hydrogen-bond donors (Lipinski definition) is 0. The average molecular weight is 439 g/mol. The Morgan fingerprint density at radius 1 is 1.16 bits per heavy atom. The van der Waals surface area contributed by atoms with Gasteiger partial charge in [-0.25, -0.2) is 9.37 Å². The summed E-state index contributed by atoms with van der Waals surface area (Å²) in [5, 5.41) is 0.395. The molecule has 1 amide bonds. The molecule has 3 heterocycles. The maximum absolute atomic E-state index is 15.6. The quantitative estimate of drug-likeness (QED) is 0.607. The van der Waals surface area contributed by atoms with Crippen LogP contribution in [0.5, 0.6) is 0 Å². The minimum atomic E-state index is -1.63. The van der Waals surface area contributed by atoms with Crippen molar-refractivity contribution in [3.63, 3.8) is 0 Å². The topological polar surface area (TPSA) is 41.4 Å². The minimum Gasteiger partial charge on any atom is -0.334 e. The molecular weight excluding hydrogens is 415 g/mol. The first-order valence-corrected chi connectivity index (χ1v) is 10.9. The van der Waals surface area contributed by atoms with Gasteiger partial charge in [-0.2, -0.15) is 0 Å². The third-order valence-electron chi connectivity index (χ3n) is 6.42. The van der Waals surface area contributed by atoms with E-state index in [9.17, 15) is 4.79 Å². The maximum Gasteiger partial charge on any atom is 0.274 e. The van der Waals surface area contributed by atoms with Crippen LogP contribution in [-0.2, 0) is 18.8 Å². The third-order valence-corrected chi connectivity index (χ3v) is 6.75. The fourth-order valence-corrected chi connectivity index (χ4v) is 4.99. The standard InChI is InChI=1S/C24H24ClFN4O/c1-28-15-22-27-20(13-30(22)14-21(28)17-7-3-2-4-8-17)23(31)29-12-11-24(26,16-29)18-9-5-6-10-19(18)25/h2-10,13,21H,11-12,14-16H2,1H3. The Kier molecular flexibility index (Phi) is 5.07. The van der Waals surface area contributed by atoms with E-state index in [4.69, 9.17) is 11.6 Å². The van der Waals surface area contributed by atoms with Crippen molar-refractivity contribution < 1.29 is 9.18 Å². The van der Waals surface area contributed by atoms with E-state index in [2.05, 4.69) is 33.6 Å². The monoisotopic (exact) mass is 438 g/mol. The van der Waals surface area contributed by atoms with Crippen LogP contribution in [0, 0.1) is 0 Å². The molecule has 31 heavy (non-hydrogen) atoms. The summed E-state index contributed by atoms with van der Waals surface area (Å²) in [4.78, 5) is 21.5. The molecule has 0 radical (unpaired) electrons. The Hall–Kier alpha value is -2.70. The minimum absolute atomic E-state index is 0.00962. The summed E-state index contributed by atoms with van der Waals surface area (Å²) in [6.45, 7) is 1.71. The van der Waals surface area contributed by atoms with Crippen LogP contribution in [0.2, 0.25) is 5.02 Å². The van der Waals surface area contributed by atoms with E-state index >= 15 is 4.39 Å². The number of benzene rings is 2. The largest absolute Gasteiger partial charge is 0.334 e. The molecule has 1 saturated heterocycles. The smallest absolute Gasteiger partial charge is 0.274 e. The number of aromatic nitrogens is 2. The summed E-state index contributed by atoms with van der Waals surface area (Å²) in [7, 11) is 2.07. The van der Waals surface area contributed by atoms with Gasteiger partial charge in [0.15, 0.2) is 5.67 Å². The second kappa shape index (κ2) is 7.77. The molecule has 5 nitrogen and oxygen atoms in total. The Morgan fingerprint density at radius 3 is 2.68 bits per heavy atom. The molecule has 160 valence electrons. The fraction of sp³-hybridized carbons (Fsp3) is 0.333. The lowest BCUT2D eigenvalue weighted by molar-refractivity contribution is 0.0745. The maximum atomic E-state index is 15.6. The number of amides is 1. The number of alkyl halides is 1. The van der Waals surface area contributed by atoms with Crippen molar-refractivity contribution in [3.8, 4) is 0 Å². The van der Waals surface area contributed by atoms with Crippen molar-refractivity contribution in [2.75, 3.05) is 20.1 Å². The number of likely N-dealkylation sites (N-methyl/N-ethyl adjacent to an activating group) is 1. The number of nitrogens with zero attached hydrogens (tertiary/aromatic N) is 4. The van der Waals surface area contributed by atoms with Gasteiger partial charge in [0.05, 0.1) is 19.1 Å². The Bertz CT molecular complexity index is 1120. The van der Waals surface area contributed by atoms with E-state index < -0.39 is 5.67 Å². The predicted molar refractivity (Wildman–Crippen MR) is 118 cm³/mol. The molecule has 0 bridgehead atoms. The van der Waals surface area contributed by atoms with E-state index in [-0.39, 0.29) is 24.9 Å². The first-order valence-electron chi connectivity index (χ1n) is 10.5. The molecule has 2 aliphatic heterocycles. The number of fused-ring (bicyclic) bond motifs is 1. The number of imidazole rings is 1. The van der Waals surface area contributed by atoms with Crippen LogP contribution in [0.3, 0.4) is 0 Å². The number of likely N-dealkylation sites (tertiary alicyclic amines) is 1. The van der Waals surface area contributed by atoms with Gasteiger partial charge in [-0.1, -0.05) is 60.1 Å². The van der Waals surface area contributed by atoms with Gasteiger partial charge in [0.2, 0.25) is 0 Å². The Labute approximate surface area is 186 Å². The summed E-state index contributed by atoms with van der Waals surface area (Å²) in [6, 6.07) is 17.5. The highest BCUT2D eigenvalue weighted by atomic mass is 35.5. The van der Waals surface area contributed by atoms with Crippen LogP contribution >= 0.6 is 11.6 Å². The lowest BCUT2D eigenvalue weighted by Crippen LogP contribution is -2.34. The normalized spacial score (nSPS) is 23.7. The average Bonchev–Trinajstić information content (AvgIpc) is 3.37. The molecular formula is C24H24ClFN4O. The van der Waals surface area contributed by atoms with Crippen molar-refractivity contribution >= 4 is 17.5 Å². The van der Waals surface area contributed by atoms with E-state index in [1.54, 1.807) is 29.2 Å². The highest BCUT2D eigenvalue weighted by molar-refractivity contribution is 6.31. The highest BCUT2D eigenvalue weighted by Gasteiger charge is 2.43. The summed E-state index contributed by atoms with van der Waals surface area (Å²) in [5.74, 6) is 0.627. The highest BCUT2D eigenvalue weighted by Crippen LogP contribution is 2.40. The second-order valence-electron chi connectivity index (χ2n) is 8.46. The molecule has 3 aromatic rings. The number of carbonyl (C=O) groups excluding carboxylic acids is 1. The molecule has 7 heteroatoms. The molecule has 2 atom stereocenters. The van der Waals surface area contributed by atoms with Gasteiger partial charge in [-0.3, -0.25) is 9.69 Å². The third kappa shape index (κ3) is 3.64. The van der Waals surface area contributed by atoms with Crippen LogP contribution in [0.4, 0.5) is 4.39 Å². The number of halogens is 2. The van der Waals surface area contributed by atoms with Crippen molar-refractivity contribution in [2.45, 2.75) is 31.2 Å². The van der Waals surface area contributed by atoms with Crippen molar-refractivity contribution in [1.82, 2.24) is 19.4 Å². The van der Waals surface area contributed by atoms with Gasteiger partial charge >= 0.3 is 0 Å². The zero-order valence-corrected chi connectivity index (χ0v) is 18.1. The SMILES string of the molecule is CN1Cc2nc(C(=O)N3CCC(F)(c4ccccc4Cl)C3)cn2CC1c1ccccc1. The summed E-state index contributed by atoms with van der Waals surface area (Å²) < 4.78 is 17.7. The van der Waals surface area contributed by atoms with Gasteiger partial charge in [0.1, 0.15) is 11.5 Å². The van der Waals surface area contributed by atoms with Gasteiger partial charge in [-0.15, -0.1) is 0 Å². The van der Waals surface area contributed by atoms with E-state index in [1.807, 2.05) is 24.4 Å². The summed E-state index contributed by atoms with van der Waals surface area (Å²) in [5.41, 5.74) is 0.425. The van der Waals surface area contributed by atoms with Crippen LogP contribution in [0.15, 0.2) is 60.8 Å². The first kappa shape index (κ1) is 20.2. The molecule has 2 aromatic carbocycles. The van der Waals surface area contributed by atoms with Crippen molar-refractivity contribution in [2.24, 2.45) is 0 Å². The van der Waals surface area contributed by atoms with E-state index in [0.717, 1.165) is 12.4 Å². The van der Waals surface area contributed by atoms with E-state index in [1.165, 1.54) is 5.56 Å². The fourth-order valence-electron chi connectivity index (χ4n) is 4.69. The van der Waals surface area contributed by atoms with Gasteiger partial charge in [-0.05, 0) is 18.7 Å². The molecule has 1 fully saturated rings. The van der Waals surface area contributed by atoms with E-state index in [0.29, 0.717) is 29.4 Å². The zero-order chi connectivity index (χ0) is 21.6. The van der Waals surface area contributed by atoms with Crippen LogP contribution in [0.1, 0.15) is 39.9 Å². The molecule has 2 aliphatic rings. The van der Waals surface area contributed by atoms with Gasteiger partial charge in [0.25, 0.3) is 5.91 Å². The summed E-state index contributed by atoms with van der Waals surface area (Å²) >= 11 is 6.22. The van der Waals surface area contributed by atoms with Crippen LogP contribution in [0.25, 0.3) is 0 Å². The molecule has 5 rings (SSSR count). The molecule has 2 unspecified atom stereocenters. The zero-order valence-electron chi connectivity index (χ0n) is 17.3. The lowest BCUT2D eigenvalue weighted by Gasteiger charge is -2.33. The second-order valence-corrected chi connectivity index (χ2v) is 8.87. The van der Waals surface area contributed by atoms with Crippen molar-refractivity contribution in [3.05, 3.63) is 88.5 Å². The molecule has 0 saturated carbocycles. The van der Waals surface area contributed by atoms with Crippen LogP contribution in [-0.4, -0.2) is 45.4 Å². The van der Waals surface area contributed by atoms with Gasteiger partial charge in [0, 0.05) is 36.3 Å². The van der Waals surface area contributed by atoms with Crippen molar-refractivity contribution in [1.29, 1.82) is 0 Å². The van der Waals surface area contributed by atoms with Gasteiger partial charge < -0.3 is 9.47 Å². The number of rotatable bonds is 3. The molecule has 1 aromatic heterocycles. The number of hydrogen-bond acceptors (Lipinski definition) is 3. The Balaban J connectivity index is 1.35. The first-order chi connectivity index (χ1) is 14.9.